The Morgan fingerprint density at radius 1 is 1.16 bits per heavy atom. The number of nitrogens with zero attached hydrogens (tertiary/aromatic N) is 3. The Morgan fingerprint density at radius 2 is 2.08 bits per heavy atom. The molecule has 1 atom stereocenters. The van der Waals surface area contributed by atoms with E-state index in [1.54, 1.807) is 17.5 Å². The molecule has 4 aromatic rings. The molecule has 0 aliphatic heterocycles. The van der Waals surface area contributed by atoms with Crippen LogP contribution in [0.2, 0.25) is 0 Å². The van der Waals surface area contributed by atoms with E-state index >= 15 is 0 Å². The van der Waals surface area contributed by atoms with Gasteiger partial charge in [0.15, 0.2) is 5.82 Å². The summed E-state index contributed by atoms with van der Waals surface area (Å²) in [7, 11) is 0. The van der Waals surface area contributed by atoms with E-state index in [1.807, 2.05) is 24.0 Å². The van der Waals surface area contributed by atoms with Gasteiger partial charge in [-0.05, 0) is 5.56 Å². The van der Waals surface area contributed by atoms with Crippen LogP contribution in [-0.2, 0) is 11.8 Å². The maximum atomic E-state index is 4.50. The Morgan fingerprint density at radius 3 is 2.84 bits per heavy atom. The van der Waals surface area contributed by atoms with Crippen LogP contribution in [-0.4, -0.2) is 25.1 Å². The van der Waals surface area contributed by atoms with Crippen LogP contribution in [0, 0.1) is 0 Å². The van der Waals surface area contributed by atoms with E-state index in [0.717, 1.165) is 29.2 Å². The zero-order chi connectivity index (χ0) is 16.7. The second kappa shape index (κ2) is 5.53. The SMILES string of the molecule is C1=CC(c2ccccc2)(c2cncs2)Cc2[nH]nc(-c3ncc[nH]3)c21. The van der Waals surface area contributed by atoms with E-state index in [2.05, 4.69) is 61.6 Å². The summed E-state index contributed by atoms with van der Waals surface area (Å²) in [5.74, 6) is 0.784. The number of imidazole rings is 1. The fraction of sp³-hybridized carbons (Fsp3) is 0.105. The van der Waals surface area contributed by atoms with Crippen LogP contribution >= 0.6 is 11.3 Å². The van der Waals surface area contributed by atoms with E-state index in [0.29, 0.717) is 0 Å². The molecule has 1 aliphatic carbocycles. The number of benzene rings is 1. The largest absolute Gasteiger partial charge is 0.343 e. The van der Waals surface area contributed by atoms with Gasteiger partial charge in [-0.2, -0.15) is 5.10 Å². The number of rotatable bonds is 3. The van der Waals surface area contributed by atoms with E-state index < -0.39 is 0 Å². The second-order valence-electron chi connectivity index (χ2n) is 6.12. The summed E-state index contributed by atoms with van der Waals surface area (Å²) in [6, 6.07) is 10.6. The standard InChI is InChI=1S/C19H15N5S/c1-2-4-13(5-3-1)19(16-11-20-12-25-16)7-6-14-15(10-19)23-24-17(14)18-21-8-9-22-18/h1-9,11-12H,10H2,(H,21,22)(H,23,24). The minimum absolute atomic E-state index is 0.220. The summed E-state index contributed by atoms with van der Waals surface area (Å²) >= 11 is 1.69. The summed E-state index contributed by atoms with van der Waals surface area (Å²) in [4.78, 5) is 13.0. The van der Waals surface area contributed by atoms with Crippen LogP contribution in [0.1, 0.15) is 21.7 Å². The van der Waals surface area contributed by atoms with Crippen molar-refractivity contribution in [3.05, 3.63) is 82.2 Å². The molecule has 25 heavy (non-hydrogen) atoms. The molecule has 0 fully saturated rings. The molecule has 6 heteroatoms. The average Bonchev–Trinajstić information content (AvgIpc) is 3.42. The molecule has 3 aromatic heterocycles. The van der Waals surface area contributed by atoms with Crippen LogP contribution in [0.4, 0.5) is 0 Å². The normalized spacial score (nSPS) is 19.0. The zero-order valence-electron chi connectivity index (χ0n) is 13.3. The summed E-state index contributed by atoms with van der Waals surface area (Å²) < 4.78 is 0. The maximum Gasteiger partial charge on any atom is 0.158 e. The lowest BCUT2D eigenvalue weighted by atomic mass is 9.72. The Balaban J connectivity index is 1.66. The van der Waals surface area contributed by atoms with Gasteiger partial charge >= 0.3 is 0 Å². The number of nitrogens with one attached hydrogen (secondary N) is 2. The van der Waals surface area contributed by atoms with Crippen LogP contribution in [0.5, 0.6) is 0 Å². The lowest BCUT2D eigenvalue weighted by Gasteiger charge is -2.32. The van der Waals surface area contributed by atoms with Crippen molar-refractivity contribution >= 4 is 17.4 Å². The van der Waals surface area contributed by atoms with Crippen molar-refractivity contribution in [2.45, 2.75) is 11.8 Å². The van der Waals surface area contributed by atoms with Crippen molar-refractivity contribution in [3.8, 4) is 11.5 Å². The van der Waals surface area contributed by atoms with Gasteiger partial charge in [-0.25, -0.2) is 4.98 Å². The van der Waals surface area contributed by atoms with E-state index in [4.69, 9.17) is 0 Å². The minimum Gasteiger partial charge on any atom is -0.343 e. The number of H-pyrrole nitrogens is 2. The molecule has 0 bridgehead atoms. The van der Waals surface area contributed by atoms with Crippen molar-refractivity contribution in [1.82, 2.24) is 25.1 Å². The lowest BCUT2D eigenvalue weighted by Crippen LogP contribution is -2.29. The van der Waals surface area contributed by atoms with E-state index in [-0.39, 0.29) is 5.41 Å². The van der Waals surface area contributed by atoms with Gasteiger partial charge in [0.05, 0.1) is 10.9 Å². The first-order valence-electron chi connectivity index (χ1n) is 8.07. The van der Waals surface area contributed by atoms with Gasteiger partial charge in [-0.3, -0.25) is 10.1 Å². The molecule has 5 rings (SSSR count). The third-order valence-electron chi connectivity index (χ3n) is 4.76. The Bertz CT molecular complexity index is 1020. The first-order chi connectivity index (χ1) is 12.4. The highest BCUT2D eigenvalue weighted by atomic mass is 32.1. The highest BCUT2D eigenvalue weighted by Gasteiger charge is 2.37. The highest BCUT2D eigenvalue weighted by molar-refractivity contribution is 7.09. The second-order valence-corrected chi connectivity index (χ2v) is 7.00. The summed E-state index contributed by atoms with van der Waals surface area (Å²) in [5.41, 5.74) is 6.02. The Kier molecular flexibility index (Phi) is 3.18. The smallest absolute Gasteiger partial charge is 0.158 e. The minimum atomic E-state index is -0.220. The van der Waals surface area contributed by atoms with E-state index in [1.165, 1.54) is 10.4 Å². The van der Waals surface area contributed by atoms with Gasteiger partial charge in [0.1, 0.15) is 5.69 Å². The van der Waals surface area contributed by atoms with Crippen LogP contribution in [0.3, 0.4) is 0 Å². The molecule has 1 aliphatic rings. The Labute approximate surface area is 148 Å². The number of thiazole rings is 1. The molecule has 0 saturated carbocycles. The van der Waals surface area contributed by atoms with Gasteiger partial charge in [0.25, 0.3) is 0 Å². The molecule has 2 N–H and O–H groups in total. The molecule has 5 nitrogen and oxygen atoms in total. The average molecular weight is 345 g/mol. The van der Waals surface area contributed by atoms with Gasteiger partial charge in [-0.1, -0.05) is 42.5 Å². The van der Waals surface area contributed by atoms with Crippen molar-refractivity contribution in [1.29, 1.82) is 0 Å². The molecule has 3 heterocycles. The number of hydrogen-bond acceptors (Lipinski definition) is 4. The fourth-order valence-corrected chi connectivity index (χ4v) is 4.35. The van der Waals surface area contributed by atoms with Crippen molar-refractivity contribution in [3.63, 3.8) is 0 Å². The molecule has 0 radical (unpaired) electrons. The third-order valence-corrected chi connectivity index (χ3v) is 5.71. The first-order valence-corrected chi connectivity index (χ1v) is 8.95. The van der Waals surface area contributed by atoms with Gasteiger partial charge < -0.3 is 4.98 Å². The number of allylic oxidation sites excluding steroid dienone is 1. The highest BCUT2D eigenvalue weighted by Crippen LogP contribution is 2.43. The zero-order valence-corrected chi connectivity index (χ0v) is 14.1. The van der Waals surface area contributed by atoms with Gasteiger partial charge in [0, 0.05) is 41.1 Å². The summed E-state index contributed by atoms with van der Waals surface area (Å²) in [6.45, 7) is 0. The lowest BCUT2D eigenvalue weighted by molar-refractivity contribution is 0.631. The van der Waals surface area contributed by atoms with Crippen LogP contribution in [0.15, 0.2) is 60.5 Å². The predicted molar refractivity (Wildman–Crippen MR) is 98.2 cm³/mol. The molecule has 0 saturated heterocycles. The Hall–Kier alpha value is -2.99. The first kappa shape index (κ1) is 14.4. The molecule has 1 aromatic carbocycles. The third kappa shape index (κ3) is 2.18. The molecule has 0 spiro atoms. The van der Waals surface area contributed by atoms with Crippen molar-refractivity contribution < 1.29 is 0 Å². The van der Waals surface area contributed by atoms with Gasteiger partial charge in [-0.15, -0.1) is 11.3 Å². The van der Waals surface area contributed by atoms with Crippen LogP contribution in [0.25, 0.3) is 17.6 Å². The predicted octanol–water partition coefficient (Wildman–Crippen LogP) is 3.81. The van der Waals surface area contributed by atoms with Crippen LogP contribution < -0.4 is 0 Å². The molecule has 122 valence electrons. The topological polar surface area (TPSA) is 70.2 Å². The number of aromatic nitrogens is 5. The molecular formula is C19H15N5S. The van der Waals surface area contributed by atoms with Gasteiger partial charge in [0.2, 0.25) is 0 Å². The molecular weight excluding hydrogens is 330 g/mol. The monoisotopic (exact) mass is 345 g/mol. The fourth-order valence-electron chi connectivity index (χ4n) is 3.52. The number of hydrogen-bond donors (Lipinski definition) is 2. The number of fused-ring (bicyclic) bond motifs is 1. The van der Waals surface area contributed by atoms with Crippen molar-refractivity contribution in [2.24, 2.45) is 0 Å². The molecule has 1 unspecified atom stereocenters. The number of aromatic amines is 2. The summed E-state index contributed by atoms with van der Waals surface area (Å²) in [6.07, 6.45) is 10.8. The quantitative estimate of drug-likeness (QED) is 0.593. The molecule has 0 amide bonds. The summed E-state index contributed by atoms with van der Waals surface area (Å²) in [5, 5.41) is 7.72. The maximum absolute atomic E-state index is 4.50. The van der Waals surface area contributed by atoms with E-state index in [9.17, 15) is 0 Å². The van der Waals surface area contributed by atoms with Crippen molar-refractivity contribution in [2.75, 3.05) is 0 Å².